The number of rotatable bonds is 1. The zero-order valence-corrected chi connectivity index (χ0v) is 13.1. The van der Waals surface area contributed by atoms with Gasteiger partial charge in [0.2, 0.25) is 5.28 Å². The van der Waals surface area contributed by atoms with E-state index in [-0.39, 0.29) is 38.2 Å². The summed E-state index contributed by atoms with van der Waals surface area (Å²) in [6, 6.07) is 4.15. The maximum absolute atomic E-state index is 14.2. The summed E-state index contributed by atoms with van der Waals surface area (Å²) < 4.78 is 15.5. The summed E-state index contributed by atoms with van der Waals surface area (Å²) in [7, 11) is 1.57. The molecule has 112 valence electrons. The molecule has 0 aliphatic carbocycles. The highest BCUT2D eigenvalue weighted by Crippen LogP contribution is 2.28. The highest BCUT2D eigenvalue weighted by atomic mass is 35.5. The van der Waals surface area contributed by atoms with Crippen molar-refractivity contribution in [3.8, 4) is 11.3 Å². The van der Waals surface area contributed by atoms with Crippen molar-refractivity contribution >= 4 is 34.2 Å². The van der Waals surface area contributed by atoms with Gasteiger partial charge in [0, 0.05) is 17.6 Å². The Balaban J connectivity index is 2.46. The fraction of sp³-hybridized carbons (Fsp3) is 0.143. The molecule has 0 saturated heterocycles. The van der Waals surface area contributed by atoms with Crippen LogP contribution in [0, 0.1) is 12.7 Å². The molecule has 3 aromatic rings. The van der Waals surface area contributed by atoms with Crippen molar-refractivity contribution in [1.29, 1.82) is 0 Å². The number of hydrogen-bond acceptors (Lipinski definition) is 4. The molecule has 22 heavy (non-hydrogen) atoms. The molecule has 1 aromatic carbocycles. The van der Waals surface area contributed by atoms with Crippen LogP contribution < -0.4 is 5.56 Å². The Morgan fingerprint density at radius 3 is 2.55 bits per heavy atom. The van der Waals surface area contributed by atoms with Gasteiger partial charge >= 0.3 is 0 Å². The molecule has 0 N–H and O–H groups in total. The van der Waals surface area contributed by atoms with Crippen LogP contribution in [0.5, 0.6) is 0 Å². The Hall–Kier alpha value is -2.05. The van der Waals surface area contributed by atoms with Crippen LogP contribution in [0.25, 0.3) is 22.3 Å². The standard InChI is InChI=1S/C14H9Cl2FN4O/c1-6-18-11-10(8-4-3-7(15)5-9(8)17)19-14(16)20-12(11)13(22)21(6)2/h3-5H,1-2H3. The lowest BCUT2D eigenvalue weighted by molar-refractivity contribution is 0.631. The second kappa shape index (κ2) is 5.30. The lowest BCUT2D eigenvalue weighted by Gasteiger charge is -2.09. The molecule has 0 fully saturated rings. The third-order valence-electron chi connectivity index (χ3n) is 3.31. The zero-order valence-electron chi connectivity index (χ0n) is 11.6. The lowest BCUT2D eigenvalue weighted by atomic mass is 10.1. The van der Waals surface area contributed by atoms with Crippen LogP contribution >= 0.6 is 23.2 Å². The molecule has 3 rings (SSSR count). The fourth-order valence-electron chi connectivity index (χ4n) is 2.09. The van der Waals surface area contributed by atoms with Crippen molar-refractivity contribution in [2.75, 3.05) is 0 Å². The second-order valence-electron chi connectivity index (χ2n) is 4.69. The third-order valence-corrected chi connectivity index (χ3v) is 3.71. The molecular formula is C14H9Cl2FN4O. The topological polar surface area (TPSA) is 60.7 Å². The molecule has 8 heteroatoms. The van der Waals surface area contributed by atoms with E-state index in [0.717, 1.165) is 6.07 Å². The monoisotopic (exact) mass is 338 g/mol. The summed E-state index contributed by atoms with van der Waals surface area (Å²) >= 11 is 11.6. The number of benzene rings is 1. The zero-order chi connectivity index (χ0) is 16.0. The molecule has 0 radical (unpaired) electrons. The van der Waals surface area contributed by atoms with E-state index in [4.69, 9.17) is 23.2 Å². The van der Waals surface area contributed by atoms with Gasteiger partial charge in [0.25, 0.3) is 5.56 Å². The van der Waals surface area contributed by atoms with Crippen LogP contribution in [0.4, 0.5) is 4.39 Å². The summed E-state index contributed by atoms with van der Waals surface area (Å²) in [6.45, 7) is 1.66. The van der Waals surface area contributed by atoms with E-state index in [1.165, 1.54) is 16.7 Å². The van der Waals surface area contributed by atoms with Gasteiger partial charge in [0.05, 0.1) is 0 Å². The lowest BCUT2D eigenvalue weighted by Crippen LogP contribution is -2.22. The van der Waals surface area contributed by atoms with Gasteiger partial charge in [0.15, 0.2) is 5.52 Å². The predicted molar refractivity (Wildman–Crippen MR) is 82.7 cm³/mol. The van der Waals surface area contributed by atoms with E-state index in [9.17, 15) is 9.18 Å². The molecule has 0 spiro atoms. The van der Waals surface area contributed by atoms with Crippen molar-refractivity contribution in [3.05, 3.63) is 50.5 Å². The molecule has 0 amide bonds. The van der Waals surface area contributed by atoms with Gasteiger partial charge in [0.1, 0.15) is 22.9 Å². The number of hydrogen-bond donors (Lipinski definition) is 0. The van der Waals surface area contributed by atoms with Gasteiger partial charge in [-0.25, -0.2) is 19.3 Å². The molecule has 0 aliphatic rings. The number of aryl methyl sites for hydroxylation is 1. The highest BCUT2D eigenvalue weighted by molar-refractivity contribution is 6.30. The van der Waals surface area contributed by atoms with Crippen LogP contribution in [-0.4, -0.2) is 19.5 Å². The molecule has 0 bridgehead atoms. The van der Waals surface area contributed by atoms with Crippen LogP contribution in [0.1, 0.15) is 5.82 Å². The molecule has 0 saturated carbocycles. The first-order valence-electron chi connectivity index (χ1n) is 6.25. The van der Waals surface area contributed by atoms with Crippen LogP contribution in [0.15, 0.2) is 23.0 Å². The van der Waals surface area contributed by atoms with E-state index in [2.05, 4.69) is 15.0 Å². The Morgan fingerprint density at radius 1 is 1.14 bits per heavy atom. The van der Waals surface area contributed by atoms with E-state index in [1.54, 1.807) is 14.0 Å². The Bertz CT molecular complexity index is 971. The van der Waals surface area contributed by atoms with Gasteiger partial charge in [-0.15, -0.1) is 0 Å². The predicted octanol–water partition coefficient (Wildman–Crippen LogP) is 3.14. The number of halogens is 3. The average Bonchev–Trinajstić information content (AvgIpc) is 2.46. The van der Waals surface area contributed by atoms with Crippen molar-refractivity contribution in [2.45, 2.75) is 6.92 Å². The molecule has 0 aliphatic heterocycles. The minimum atomic E-state index is -0.580. The molecule has 2 heterocycles. The minimum absolute atomic E-state index is 0.0393. The largest absolute Gasteiger partial charge is 0.298 e. The first kappa shape index (κ1) is 14.9. The summed E-state index contributed by atoms with van der Waals surface area (Å²) in [4.78, 5) is 24.5. The maximum Gasteiger partial charge on any atom is 0.279 e. The minimum Gasteiger partial charge on any atom is -0.298 e. The Labute approximate surface area is 134 Å². The fourth-order valence-corrected chi connectivity index (χ4v) is 2.42. The third kappa shape index (κ3) is 2.34. The van der Waals surface area contributed by atoms with E-state index < -0.39 is 5.82 Å². The first-order valence-corrected chi connectivity index (χ1v) is 7.00. The molecule has 0 unspecified atom stereocenters. The number of fused-ring (bicyclic) bond motifs is 1. The quantitative estimate of drug-likeness (QED) is 0.639. The molecule has 2 aromatic heterocycles. The summed E-state index contributed by atoms with van der Waals surface area (Å²) in [5.41, 5.74) is 0.176. The first-order chi connectivity index (χ1) is 10.4. The van der Waals surface area contributed by atoms with Crippen molar-refractivity contribution in [1.82, 2.24) is 19.5 Å². The number of nitrogens with zero attached hydrogens (tertiary/aromatic N) is 4. The molecule has 0 atom stereocenters. The maximum atomic E-state index is 14.2. The van der Waals surface area contributed by atoms with Gasteiger partial charge < -0.3 is 0 Å². The average molecular weight is 339 g/mol. The Kier molecular flexibility index (Phi) is 3.58. The van der Waals surface area contributed by atoms with Crippen LogP contribution in [0.2, 0.25) is 10.3 Å². The van der Waals surface area contributed by atoms with Gasteiger partial charge in [-0.2, -0.15) is 0 Å². The van der Waals surface area contributed by atoms with Gasteiger partial charge in [-0.3, -0.25) is 9.36 Å². The van der Waals surface area contributed by atoms with E-state index >= 15 is 0 Å². The van der Waals surface area contributed by atoms with Crippen LogP contribution in [0.3, 0.4) is 0 Å². The van der Waals surface area contributed by atoms with E-state index in [1.807, 2.05) is 0 Å². The van der Waals surface area contributed by atoms with Crippen molar-refractivity contribution in [3.63, 3.8) is 0 Å². The summed E-state index contributed by atoms with van der Waals surface area (Å²) in [5.74, 6) is -0.122. The normalized spacial score (nSPS) is 11.1. The summed E-state index contributed by atoms with van der Waals surface area (Å²) in [5, 5.41) is 0.102. The second-order valence-corrected chi connectivity index (χ2v) is 5.46. The van der Waals surface area contributed by atoms with Crippen molar-refractivity contribution in [2.24, 2.45) is 7.05 Å². The SMILES string of the molecule is Cc1nc2c(-c3ccc(Cl)cc3F)nc(Cl)nc2c(=O)n1C. The van der Waals surface area contributed by atoms with Gasteiger partial charge in [-0.1, -0.05) is 11.6 Å². The number of aromatic nitrogens is 4. The smallest absolute Gasteiger partial charge is 0.279 e. The van der Waals surface area contributed by atoms with Gasteiger partial charge in [-0.05, 0) is 36.7 Å². The molecule has 5 nitrogen and oxygen atoms in total. The highest BCUT2D eigenvalue weighted by Gasteiger charge is 2.18. The molecular weight excluding hydrogens is 330 g/mol. The van der Waals surface area contributed by atoms with Crippen LogP contribution in [-0.2, 0) is 7.05 Å². The Morgan fingerprint density at radius 2 is 1.86 bits per heavy atom. The van der Waals surface area contributed by atoms with Crippen molar-refractivity contribution < 1.29 is 4.39 Å². The summed E-state index contributed by atoms with van der Waals surface area (Å²) in [6.07, 6.45) is 0. The van der Waals surface area contributed by atoms with E-state index in [0.29, 0.717) is 5.82 Å².